The highest BCUT2D eigenvalue weighted by molar-refractivity contribution is 5.98. The molecule has 2 saturated heterocycles. The number of carbonyl (C=O) groups is 1. The lowest BCUT2D eigenvalue weighted by atomic mass is 10.1. The Morgan fingerprint density at radius 3 is 2.91 bits per heavy atom. The summed E-state index contributed by atoms with van der Waals surface area (Å²) in [5.41, 5.74) is 0.621. The Labute approximate surface area is 130 Å². The fraction of sp³-hybridized carbons (Fsp3) is 0.562. The van der Waals surface area contributed by atoms with Gasteiger partial charge < -0.3 is 19.7 Å². The number of nitrogens with one attached hydrogen (secondary N) is 1. The predicted molar refractivity (Wildman–Crippen MR) is 81.3 cm³/mol. The summed E-state index contributed by atoms with van der Waals surface area (Å²) in [7, 11) is 0. The van der Waals surface area contributed by atoms with Gasteiger partial charge in [-0.3, -0.25) is 9.69 Å². The summed E-state index contributed by atoms with van der Waals surface area (Å²) in [6.07, 6.45) is 1.05. The Hall–Kier alpha value is -1.79. The van der Waals surface area contributed by atoms with E-state index >= 15 is 0 Å². The molecule has 1 aromatic rings. The largest absolute Gasteiger partial charge is 0.454 e. The smallest absolute Gasteiger partial charge is 0.257 e. The molecule has 1 amide bonds. The van der Waals surface area contributed by atoms with Gasteiger partial charge in [0.2, 0.25) is 6.79 Å². The van der Waals surface area contributed by atoms with Crippen molar-refractivity contribution in [3.05, 3.63) is 23.8 Å². The zero-order valence-corrected chi connectivity index (χ0v) is 12.6. The molecule has 1 N–H and O–H groups in total. The molecule has 0 bridgehead atoms. The van der Waals surface area contributed by atoms with Crippen LogP contribution in [0.15, 0.2) is 18.2 Å². The molecule has 0 saturated carbocycles. The number of amides is 1. The molecule has 22 heavy (non-hydrogen) atoms. The molecule has 3 aliphatic rings. The first-order chi connectivity index (χ1) is 10.8. The molecular formula is C16H21N3O3. The highest BCUT2D eigenvalue weighted by Crippen LogP contribution is 2.36. The van der Waals surface area contributed by atoms with Crippen LogP contribution in [0.3, 0.4) is 0 Å². The second-order valence-corrected chi connectivity index (χ2v) is 6.02. The second-order valence-electron chi connectivity index (χ2n) is 6.02. The lowest BCUT2D eigenvalue weighted by Crippen LogP contribution is -2.49. The molecule has 2 fully saturated rings. The fourth-order valence-electron chi connectivity index (χ4n) is 3.54. The number of fused-ring (bicyclic) bond motifs is 1. The van der Waals surface area contributed by atoms with Crippen LogP contribution >= 0.6 is 0 Å². The van der Waals surface area contributed by atoms with Crippen molar-refractivity contribution in [2.45, 2.75) is 12.5 Å². The minimum atomic E-state index is 0.0555. The van der Waals surface area contributed by atoms with Gasteiger partial charge in [-0.05, 0) is 18.6 Å². The van der Waals surface area contributed by atoms with Gasteiger partial charge in [0, 0.05) is 45.3 Å². The van der Waals surface area contributed by atoms with Gasteiger partial charge in [0.05, 0.1) is 5.56 Å². The fourth-order valence-corrected chi connectivity index (χ4v) is 3.54. The number of ether oxygens (including phenoxy) is 2. The number of piperazine rings is 1. The van der Waals surface area contributed by atoms with Crippen molar-refractivity contribution in [1.82, 2.24) is 15.1 Å². The van der Waals surface area contributed by atoms with Crippen molar-refractivity contribution < 1.29 is 14.3 Å². The first-order valence-corrected chi connectivity index (χ1v) is 7.95. The van der Waals surface area contributed by atoms with Crippen LogP contribution in [-0.2, 0) is 0 Å². The number of likely N-dealkylation sites (tertiary alicyclic amines) is 1. The third-order valence-corrected chi connectivity index (χ3v) is 4.75. The van der Waals surface area contributed by atoms with E-state index in [4.69, 9.17) is 9.47 Å². The van der Waals surface area contributed by atoms with Crippen LogP contribution in [0.4, 0.5) is 0 Å². The van der Waals surface area contributed by atoms with E-state index in [1.54, 1.807) is 0 Å². The van der Waals surface area contributed by atoms with E-state index in [-0.39, 0.29) is 12.7 Å². The minimum absolute atomic E-state index is 0.0555. The summed E-state index contributed by atoms with van der Waals surface area (Å²) in [5, 5.41) is 3.37. The average Bonchev–Trinajstić information content (AvgIpc) is 3.24. The van der Waals surface area contributed by atoms with E-state index in [1.807, 2.05) is 23.1 Å². The molecule has 3 heterocycles. The van der Waals surface area contributed by atoms with Crippen molar-refractivity contribution in [3.63, 3.8) is 0 Å². The van der Waals surface area contributed by atoms with E-state index in [2.05, 4.69) is 10.2 Å². The first-order valence-electron chi connectivity index (χ1n) is 7.95. The van der Waals surface area contributed by atoms with E-state index in [0.29, 0.717) is 23.1 Å². The van der Waals surface area contributed by atoms with Crippen LogP contribution < -0.4 is 14.8 Å². The quantitative estimate of drug-likeness (QED) is 0.864. The standard InChI is InChI=1S/C16H21N3O3/c20-16(13-2-1-3-14-15(13)22-11-21-14)19-7-4-12(10-19)18-8-5-17-6-9-18/h1-3,12,17H,4-11H2. The van der Waals surface area contributed by atoms with Gasteiger partial charge in [0.15, 0.2) is 11.5 Å². The van der Waals surface area contributed by atoms with Crippen molar-refractivity contribution in [1.29, 1.82) is 0 Å². The first kappa shape index (κ1) is 13.8. The zero-order valence-electron chi connectivity index (χ0n) is 12.6. The molecule has 118 valence electrons. The highest BCUT2D eigenvalue weighted by Gasteiger charge is 2.33. The molecule has 0 spiro atoms. The van der Waals surface area contributed by atoms with Crippen LogP contribution in [0.1, 0.15) is 16.8 Å². The number of rotatable bonds is 2. The summed E-state index contributed by atoms with van der Waals surface area (Å²) in [6.45, 7) is 6.06. The number of hydrogen-bond donors (Lipinski definition) is 1. The van der Waals surface area contributed by atoms with E-state index < -0.39 is 0 Å². The Balaban J connectivity index is 1.47. The molecule has 0 aliphatic carbocycles. The average molecular weight is 303 g/mol. The Morgan fingerprint density at radius 2 is 2.05 bits per heavy atom. The summed E-state index contributed by atoms with van der Waals surface area (Å²) < 4.78 is 10.8. The van der Waals surface area contributed by atoms with Crippen molar-refractivity contribution >= 4 is 5.91 Å². The van der Waals surface area contributed by atoms with Crippen molar-refractivity contribution in [3.8, 4) is 11.5 Å². The molecular weight excluding hydrogens is 282 g/mol. The third kappa shape index (κ3) is 2.42. The third-order valence-electron chi connectivity index (χ3n) is 4.75. The zero-order chi connectivity index (χ0) is 14.9. The summed E-state index contributed by atoms with van der Waals surface area (Å²) in [5.74, 6) is 1.32. The lowest BCUT2D eigenvalue weighted by molar-refractivity contribution is 0.0769. The van der Waals surface area contributed by atoms with Gasteiger partial charge in [0.1, 0.15) is 0 Å². The second kappa shape index (κ2) is 5.78. The van der Waals surface area contributed by atoms with Gasteiger partial charge in [0.25, 0.3) is 5.91 Å². The van der Waals surface area contributed by atoms with Crippen molar-refractivity contribution in [2.75, 3.05) is 46.1 Å². The maximum atomic E-state index is 12.8. The summed E-state index contributed by atoms with van der Waals surface area (Å²) in [4.78, 5) is 17.2. The Bertz CT molecular complexity index is 572. The maximum Gasteiger partial charge on any atom is 0.257 e. The molecule has 0 radical (unpaired) electrons. The van der Waals surface area contributed by atoms with E-state index in [9.17, 15) is 4.79 Å². The molecule has 1 atom stereocenters. The van der Waals surface area contributed by atoms with Crippen LogP contribution in [-0.4, -0.2) is 67.8 Å². The molecule has 1 unspecified atom stereocenters. The molecule has 4 rings (SSSR count). The topological polar surface area (TPSA) is 54.0 Å². The normalized spacial score (nSPS) is 24.7. The summed E-state index contributed by atoms with van der Waals surface area (Å²) >= 11 is 0. The van der Waals surface area contributed by atoms with Crippen LogP contribution in [0.25, 0.3) is 0 Å². The SMILES string of the molecule is O=C(c1cccc2c1OCO2)N1CCC(N2CCNCC2)C1. The molecule has 3 aliphatic heterocycles. The number of carbonyl (C=O) groups excluding carboxylic acids is 1. The lowest BCUT2D eigenvalue weighted by Gasteiger charge is -2.32. The maximum absolute atomic E-state index is 12.8. The van der Waals surface area contributed by atoms with Crippen LogP contribution in [0, 0.1) is 0 Å². The van der Waals surface area contributed by atoms with Gasteiger partial charge in [-0.25, -0.2) is 0 Å². The van der Waals surface area contributed by atoms with Crippen molar-refractivity contribution in [2.24, 2.45) is 0 Å². The van der Waals surface area contributed by atoms with Gasteiger partial charge in [-0.1, -0.05) is 6.07 Å². The number of nitrogens with zero attached hydrogens (tertiary/aromatic N) is 2. The monoisotopic (exact) mass is 303 g/mol. The molecule has 0 aromatic heterocycles. The van der Waals surface area contributed by atoms with Crippen LogP contribution in [0.5, 0.6) is 11.5 Å². The number of para-hydroxylation sites is 1. The Kier molecular flexibility index (Phi) is 3.63. The Morgan fingerprint density at radius 1 is 1.18 bits per heavy atom. The number of hydrogen-bond acceptors (Lipinski definition) is 5. The minimum Gasteiger partial charge on any atom is -0.454 e. The van der Waals surface area contributed by atoms with E-state index in [0.717, 1.165) is 45.7 Å². The highest BCUT2D eigenvalue weighted by atomic mass is 16.7. The van der Waals surface area contributed by atoms with Gasteiger partial charge in [-0.15, -0.1) is 0 Å². The number of benzene rings is 1. The van der Waals surface area contributed by atoms with E-state index in [1.165, 1.54) is 0 Å². The molecule has 1 aromatic carbocycles. The predicted octanol–water partition coefficient (Wildman–Crippen LogP) is 0.535. The van der Waals surface area contributed by atoms with Gasteiger partial charge >= 0.3 is 0 Å². The van der Waals surface area contributed by atoms with Gasteiger partial charge in [-0.2, -0.15) is 0 Å². The van der Waals surface area contributed by atoms with Crippen LogP contribution in [0.2, 0.25) is 0 Å². The molecule has 6 nitrogen and oxygen atoms in total. The summed E-state index contributed by atoms with van der Waals surface area (Å²) in [6, 6.07) is 6.01. The molecule has 6 heteroatoms.